The summed E-state index contributed by atoms with van der Waals surface area (Å²) in [6, 6.07) is 1.36. The Morgan fingerprint density at radius 1 is 1.38 bits per heavy atom. The molecule has 9 heteroatoms. The molecule has 1 aromatic heterocycles. The molecular formula is C15H20FN3O4S. The topological polar surface area (TPSA) is 79.8 Å². The van der Waals surface area contributed by atoms with Crippen LogP contribution in [0.4, 0.5) is 4.39 Å². The second-order valence-electron chi connectivity index (χ2n) is 6.19. The number of aromatic nitrogens is 1. The van der Waals surface area contributed by atoms with Crippen LogP contribution in [0.25, 0.3) is 0 Å². The lowest BCUT2D eigenvalue weighted by Crippen LogP contribution is -2.49. The van der Waals surface area contributed by atoms with Crippen molar-refractivity contribution in [3.05, 3.63) is 29.8 Å². The Labute approximate surface area is 140 Å². The van der Waals surface area contributed by atoms with E-state index in [2.05, 4.69) is 4.98 Å². The van der Waals surface area contributed by atoms with Crippen molar-refractivity contribution in [3.8, 4) is 0 Å². The first kappa shape index (κ1) is 17.2. The van der Waals surface area contributed by atoms with Crippen LogP contribution in [-0.2, 0) is 14.8 Å². The van der Waals surface area contributed by atoms with Crippen LogP contribution in [-0.4, -0.2) is 73.7 Å². The number of amides is 1. The minimum Gasteiger partial charge on any atom is -0.375 e. The van der Waals surface area contributed by atoms with Crippen LogP contribution in [0.1, 0.15) is 16.8 Å². The van der Waals surface area contributed by atoms with E-state index in [0.717, 1.165) is 6.20 Å². The third-order valence-corrected chi connectivity index (χ3v) is 5.84. The maximum atomic E-state index is 13.8. The number of fused-ring (bicyclic) bond motifs is 1. The van der Waals surface area contributed by atoms with Crippen molar-refractivity contribution in [1.29, 1.82) is 0 Å². The van der Waals surface area contributed by atoms with Crippen molar-refractivity contribution in [2.45, 2.75) is 12.5 Å². The van der Waals surface area contributed by atoms with Crippen LogP contribution >= 0.6 is 0 Å². The van der Waals surface area contributed by atoms with Crippen LogP contribution < -0.4 is 0 Å². The molecule has 0 unspecified atom stereocenters. The van der Waals surface area contributed by atoms with Gasteiger partial charge >= 0.3 is 0 Å². The largest absolute Gasteiger partial charge is 0.375 e. The van der Waals surface area contributed by atoms with Crippen LogP contribution in [0.2, 0.25) is 0 Å². The Hall–Kier alpha value is -1.58. The quantitative estimate of drug-likeness (QED) is 0.763. The average molecular weight is 357 g/mol. The first-order valence-electron chi connectivity index (χ1n) is 7.82. The lowest BCUT2D eigenvalue weighted by atomic mass is 9.93. The van der Waals surface area contributed by atoms with E-state index in [-0.39, 0.29) is 23.5 Å². The highest BCUT2D eigenvalue weighted by molar-refractivity contribution is 7.88. The Morgan fingerprint density at radius 3 is 2.88 bits per heavy atom. The highest BCUT2D eigenvalue weighted by Gasteiger charge is 2.37. The van der Waals surface area contributed by atoms with Crippen molar-refractivity contribution in [2.24, 2.45) is 5.92 Å². The molecule has 2 aliphatic heterocycles. The Balaban J connectivity index is 1.71. The van der Waals surface area contributed by atoms with Crippen molar-refractivity contribution in [3.63, 3.8) is 0 Å². The SMILES string of the molecule is CS(=O)(=O)N1CCO[C@H]2CN(C(=O)c3ccncc3F)CC[C@H]2C1. The molecule has 0 aliphatic carbocycles. The van der Waals surface area contributed by atoms with Gasteiger partial charge in [0.25, 0.3) is 5.91 Å². The standard InChI is InChI=1S/C15H20FN3O4S/c1-24(21,22)19-6-7-23-14-10-18(5-3-11(14)9-19)15(20)12-2-4-17-8-13(12)16/h2,4,8,11,14H,3,5-7,9-10H2,1H3/t11-,14-/m0/s1. The Morgan fingerprint density at radius 2 is 2.17 bits per heavy atom. The first-order valence-corrected chi connectivity index (χ1v) is 9.66. The van der Waals surface area contributed by atoms with Gasteiger partial charge in [-0.15, -0.1) is 0 Å². The lowest BCUT2D eigenvalue weighted by molar-refractivity contribution is -0.0171. The lowest BCUT2D eigenvalue weighted by Gasteiger charge is -2.37. The summed E-state index contributed by atoms with van der Waals surface area (Å²) in [5.74, 6) is -0.996. The molecule has 3 rings (SSSR count). The number of piperidine rings is 1. The fraction of sp³-hybridized carbons (Fsp3) is 0.600. The van der Waals surface area contributed by atoms with Crippen LogP contribution in [0.15, 0.2) is 18.5 Å². The van der Waals surface area contributed by atoms with Gasteiger partial charge in [-0.2, -0.15) is 4.31 Å². The molecule has 2 aliphatic rings. The average Bonchev–Trinajstić information content (AvgIpc) is 2.76. The smallest absolute Gasteiger partial charge is 0.257 e. The third-order valence-electron chi connectivity index (χ3n) is 4.57. The molecule has 132 valence electrons. The predicted molar refractivity (Wildman–Crippen MR) is 84.4 cm³/mol. The summed E-state index contributed by atoms with van der Waals surface area (Å²) in [6.07, 6.45) is 3.98. The zero-order valence-electron chi connectivity index (χ0n) is 13.4. The van der Waals surface area contributed by atoms with Crippen molar-refractivity contribution in [1.82, 2.24) is 14.2 Å². The predicted octanol–water partition coefficient (Wildman–Crippen LogP) is 0.343. The second kappa shape index (κ2) is 6.73. The maximum Gasteiger partial charge on any atom is 0.257 e. The number of carbonyl (C=O) groups is 1. The summed E-state index contributed by atoms with van der Waals surface area (Å²) in [5.41, 5.74) is -0.00478. The number of carbonyl (C=O) groups excluding carboxylic acids is 1. The van der Waals surface area contributed by atoms with E-state index in [4.69, 9.17) is 4.74 Å². The molecule has 0 radical (unpaired) electrons. The highest BCUT2D eigenvalue weighted by atomic mass is 32.2. The molecule has 0 aromatic carbocycles. The number of sulfonamides is 1. The van der Waals surface area contributed by atoms with Crippen LogP contribution in [0.3, 0.4) is 0 Å². The number of rotatable bonds is 2. The van der Waals surface area contributed by atoms with E-state index in [1.165, 1.54) is 22.8 Å². The third kappa shape index (κ3) is 3.57. The van der Waals surface area contributed by atoms with Gasteiger partial charge in [0.2, 0.25) is 10.0 Å². The number of pyridine rings is 1. The first-order chi connectivity index (χ1) is 11.4. The van der Waals surface area contributed by atoms with E-state index in [1.807, 2.05) is 0 Å². The molecule has 24 heavy (non-hydrogen) atoms. The molecule has 0 bridgehead atoms. The number of halogens is 1. The molecule has 0 saturated carbocycles. The molecule has 2 saturated heterocycles. The van der Waals surface area contributed by atoms with Gasteiger partial charge in [-0.05, 0) is 12.5 Å². The maximum absolute atomic E-state index is 13.8. The number of likely N-dealkylation sites (tertiary alicyclic amines) is 1. The number of hydrogen-bond donors (Lipinski definition) is 0. The molecule has 3 heterocycles. The second-order valence-corrected chi connectivity index (χ2v) is 8.17. The van der Waals surface area contributed by atoms with Crippen LogP contribution in [0.5, 0.6) is 0 Å². The summed E-state index contributed by atoms with van der Waals surface area (Å²) >= 11 is 0. The van der Waals surface area contributed by atoms with Gasteiger partial charge in [-0.1, -0.05) is 0 Å². The highest BCUT2D eigenvalue weighted by Crippen LogP contribution is 2.26. The van der Waals surface area contributed by atoms with E-state index in [0.29, 0.717) is 39.2 Å². The molecule has 2 fully saturated rings. The summed E-state index contributed by atoms with van der Waals surface area (Å²) in [5, 5.41) is 0. The zero-order valence-corrected chi connectivity index (χ0v) is 14.2. The van der Waals surface area contributed by atoms with Gasteiger partial charge in [0.1, 0.15) is 0 Å². The summed E-state index contributed by atoms with van der Waals surface area (Å²) < 4.78 is 44.5. The van der Waals surface area contributed by atoms with Crippen molar-refractivity contribution < 1.29 is 22.3 Å². The number of nitrogens with zero attached hydrogens (tertiary/aromatic N) is 3. The van der Waals surface area contributed by atoms with Gasteiger partial charge in [-0.3, -0.25) is 9.78 Å². The molecule has 2 atom stereocenters. The molecule has 1 amide bonds. The van der Waals surface area contributed by atoms with Gasteiger partial charge in [-0.25, -0.2) is 12.8 Å². The fourth-order valence-electron chi connectivity index (χ4n) is 3.23. The molecular weight excluding hydrogens is 337 g/mol. The van der Waals surface area contributed by atoms with Crippen molar-refractivity contribution >= 4 is 15.9 Å². The Bertz CT molecular complexity index is 727. The zero-order chi connectivity index (χ0) is 17.3. The summed E-state index contributed by atoms with van der Waals surface area (Å²) in [6.45, 7) is 1.79. The van der Waals surface area contributed by atoms with E-state index in [9.17, 15) is 17.6 Å². The minimum atomic E-state index is -3.26. The minimum absolute atomic E-state index is 0.00478. The number of ether oxygens (including phenoxy) is 1. The van der Waals surface area contributed by atoms with Gasteiger partial charge in [0, 0.05) is 38.3 Å². The van der Waals surface area contributed by atoms with Gasteiger partial charge < -0.3 is 9.64 Å². The number of hydrogen-bond acceptors (Lipinski definition) is 5. The molecule has 1 aromatic rings. The Kier molecular flexibility index (Phi) is 4.84. The normalized spacial score (nSPS) is 25.8. The molecule has 7 nitrogen and oxygen atoms in total. The van der Waals surface area contributed by atoms with E-state index >= 15 is 0 Å². The van der Waals surface area contributed by atoms with E-state index in [1.54, 1.807) is 4.90 Å². The monoisotopic (exact) mass is 357 g/mol. The van der Waals surface area contributed by atoms with Gasteiger partial charge in [0.05, 0.1) is 30.7 Å². The van der Waals surface area contributed by atoms with Crippen molar-refractivity contribution in [2.75, 3.05) is 39.0 Å². The fourth-order valence-corrected chi connectivity index (χ4v) is 4.09. The summed E-state index contributed by atoms with van der Waals surface area (Å²) in [4.78, 5) is 17.7. The van der Waals surface area contributed by atoms with Crippen LogP contribution in [0, 0.1) is 11.7 Å². The van der Waals surface area contributed by atoms with E-state index < -0.39 is 15.8 Å². The summed E-state index contributed by atoms with van der Waals surface area (Å²) in [7, 11) is -3.26. The van der Waals surface area contributed by atoms with Gasteiger partial charge in [0.15, 0.2) is 5.82 Å². The molecule has 0 spiro atoms. The molecule has 0 N–H and O–H groups in total.